The van der Waals surface area contributed by atoms with Crippen molar-refractivity contribution in [1.82, 2.24) is 0 Å². The number of carbonyl (C=O) groups excluding carboxylic acids is 1. The monoisotopic (exact) mass is 363 g/mol. The Balaban J connectivity index is 2.34. The molecule has 0 heterocycles. The third-order valence-electron chi connectivity index (χ3n) is 2.90. The molecule has 0 saturated heterocycles. The first-order valence-corrected chi connectivity index (χ1v) is 8.24. The Morgan fingerprint density at radius 2 is 2.10 bits per heavy atom. The van der Waals surface area contributed by atoms with E-state index in [1.165, 1.54) is 13.2 Å². The molecule has 0 aromatic heterocycles. The van der Waals surface area contributed by atoms with Crippen molar-refractivity contribution in [3.63, 3.8) is 0 Å². The van der Waals surface area contributed by atoms with Gasteiger partial charge in [0, 0.05) is 0 Å². The summed E-state index contributed by atoms with van der Waals surface area (Å²) in [7, 11) is -2.69. The van der Waals surface area contributed by atoms with Crippen LogP contribution in [0.5, 0.6) is 5.75 Å². The molecule has 0 amide bonds. The van der Waals surface area contributed by atoms with Gasteiger partial charge < -0.3 is 9.47 Å². The highest BCUT2D eigenvalue weighted by Crippen LogP contribution is 2.34. The summed E-state index contributed by atoms with van der Waals surface area (Å²) in [6, 6.07) is 2.61. The third-order valence-corrected chi connectivity index (χ3v) is 4.41. The van der Waals surface area contributed by atoms with E-state index in [1.54, 1.807) is 0 Å². The number of hydrogen-bond acceptors (Lipinski definition) is 5. The molecule has 2 rings (SSSR count). The lowest BCUT2D eigenvalue weighted by Crippen LogP contribution is -2.16. The predicted octanol–water partition coefficient (Wildman–Crippen LogP) is 1.67. The molecule has 6 nitrogen and oxygen atoms in total. The predicted molar refractivity (Wildman–Crippen MR) is 75.1 cm³/mol. The number of carbonyl (C=O) groups is 1. The van der Waals surface area contributed by atoms with Gasteiger partial charge in [0.05, 0.1) is 23.8 Å². The van der Waals surface area contributed by atoms with Crippen LogP contribution in [0.2, 0.25) is 0 Å². The van der Waals surface area contributed by atoms with Crippen molar-refractivity contribution in [2.24, 2.45) is 11.1 Å². The maximum Gasteiger partial charge on any atom is 0.338 e. The van der Waals surface area contributed by atoms with Gasteiger partial charge in [-0.15, -0.1) is 0 Å². The van der Waals surface area contributed by atoms with Crippen LogP contribution in [0.4, 0.5) is 0 Å². The summed E-state index contributed by atoms with van der Waals surface area (Å²) < 4.78 is 33.5. The maximum atomic E-state index is 11.9. The molecule has 1 aromatic rings. The van der Waals surface area contributed by atoms with Crippen LogP contribution in [-0.2, 0) is 14.8 Å². The van der Waals surface area contributed by atoms with Gasteiger partial charge in [0.25, 0.3) is 0 Å². The fourth-order valence-electron chi connectivity index (χ4n) is 1.66. The van der Waals surface area contributed by atoms with Gasteiger partial charge >= 0.3 is 5.97 Å². The number of rotatable bonds is 5. The number of esters is 1. The van der Waals surface area contributed by atoms with E-state index in [1.807, 2.05) is 0 Å². The number of sulfonamides is 1. The second kappa shape index (κ2) is 5.71. The molecule has 0 spiro atoms. The molecule has 0 unspecified atom stereocenters. The fraction of sp³-hybridized carbons (Fsp3) is 0.417. The smallest absolute Gasteiger partial charge is 0.338 e. The third kappa shape index (κ3) is 3.50. The SMILES string of the molecule is COc1c(Br)cc(C(=O)OCC2CC2)cc1S(N)(=O)=O. The number of halogens is 1. The minimum atomic E-state index is -4.01. The average molecular weight is 364 g/mol. The van der Waals surface area contributed by atoms with Gasteiger partial charge in [-0.05, 0) is 46.8 Å². The van der Waals surface area contributed by atoms with Crippen molar-refractivity contribution in [3.05, 3.63) is 22.2 Å². The fourth-order valence-corrected chi connectivity index (χ4v) is 3.15. The first kappa shape index (κ1) is 15.3. The van der Waals surface area contributed by atoms with Gasteiger partial charge in [0.1, 0.15) is 4.90 Å². The normalized spacial score (nSPS) is 14.9. The second-order valence-electron chi connectivity index (χ2n) is 4.58. The van der Waals surface area contributed by atoms with Gasteiger partial charge in [-0.25, -0.2) is 18.4 Å². The molecule has 0 aliphatic heterocycles. The quantitative estimate of drug-likeness (QED) is 0.802. The van der Waals surface area contributed by atoms with Crippen molar-refractivity contribution < 1.29 is 22.7 Å². The zero-order chi connectivity index (χ0) is 14.9. The van der Waals surface area contributed by atoms with Gasteiger partial charge in [0.2, 0.25) is 10.0 Å². The summed E-state index contributed by atoms with van der Waals surface area (Å²) in [4.78, 5) is 11.6. The molecule has 1 fully saturated rings. The number of nitrogens with two attached hydrogens (primary N) is 1. The van der Waals surface area contributed by atoms with Crippen molar-refractivity contribution >= 4 is 31.9 Å². The molecular formula is C12H14BrNO5S. The highest BCUT2D eigenvalue weighted by Gasteiger charge is 2.25. The Morgan fingerprint density at radius 3 is 2.60 bits per heavy atom. The van der Waals surface area contributed by atoms with E-state index in [9.17, 15) is 13.2 Å². The molecule has 8 heteroatoms. The summed E-state index contributed by atoms with van der Waals surface area (Å²) in [5.74, 6) is -0.0882. The highest BCUT2D eigenvalue weighted by atomic mass is 79.9. The molecule has 2 N–H and O–H groups in total. The van der Waals surface area contributed by atoms with E-state index in [2.05, 4.69) is 15.9 Å². The van der Waals surface area contributed by atoms with E-state index in [0.29, 0.717) is 17.0 Å². The average Bonchev–Trinajstić information content (AvgIpc) is 3.17. The van der Waals surface area contributed by atoms with Crippen LogP contribution in [0.25, 0.3) is 0 Å². The van der Waals surface area contributed by atoms with Gasteiger partial charge in [-0.2, -0.15) is 0 Å². The van der Waals surface area contributed by atoms with Crippen molar-refractivity contribution in [2.75, 3.05) is 13.7 Å². The number of hydrogen-bond donors (Lipinski definition) is 1. The Kier molecular flexibility index (Phi) is 4.36. The first-order valence-electron chi connectivity index (χ1n) is 5.90. The molecule has 1 aromatic carbocycles. The van der Waals surface area contributed by atoms with Crippen LogP contribution in [0, 0.1) is 5.92 Å². The van der Waals surface area contributed by atoms with E-state index in [-0.39, 0.29) is 16.2 Å². The molecular weight excluding hydrogens is 350 g/mol. The number of methoxy groups -OCH3 is 1. The maximum absolute atomic E-state index is 11.9. The van der Waals surface area contributed by atoms with Gasteiger partial charge in [-0.3, -0.25) is 0 Å². The van der Waals surface area contributed by atoms with E-state index >= 15 is 0 Å². The van der Waals surface area contributed by atoms with Crippen molar-refractivity contribution in [2.45, 2.75) is 17.7 Å². The summed E-state index contributed by atoms with van der Waals surface area (Å²) in [5, 5.41) is 5.12. The summed E-state index contributed by atoms with van der Waals surface area (Å²) >= 11 is 3.16. The Bertz CT molecular complexity index is 639. The van der Waals surface area contributed by atoms with Crippen LogP contribution in [-0.4, -0.2) is 28.1 Å². The minimum absolute atomic E-state index is 0.0613. The van der Waals surface area contributed by atoms with Gasteiger partial charge in [-0.1, -0.05) is 0 Å². The van der Waals surface area contributed by atoms with E-state index in [0.717, 1.165) is 18.9 Å². The number of benzene rings is 1. The topological polar surface area (TPSA) is 95.7 Å². The van der Waals surface area contributed by atoms with Crippen LogP contribution in [0.3, 0.4) is 0 Å². The number of ether oxygens (including phenoxy) is 2. The molecule has 110 valence electrons. The second-order valence-corrected chi connectivity index (χ2v) is 6.96. The lowest BCUT2D eigenvalue weighted by molar-refractivity contribution is 0.0485. The zero-order valence-corrected chi connectivity index (χ0v) is 13.2. The standard InChI is InChI=1S/C12H14BrNO5S/c1-18-11-9(13)4-8(5-10(11)20(14,16)17)12(15)19-6-7-2-3-7/h4-5,7H,2-3,6H2,1H3,(H2,14,16,17). The largest absolute Gasteiger partial charge is 0.494 e. The molecule has 1 saturated carbocycles. The lowest BCUT2D eigenvalue weighted by atomic mass is 10.2. The molecule has 1 aliphatic rings. The summed E-state index contributed by atoms with van der Waals surface area (Å²) in [5.41, 5.74) is 0.113. The Morgan fingerprint density at radius 1 is 1.45 bits per heavy atom. The minimum Gasteiger partial charge on any atom is -0.494 e. The molecule has 20 heavy (non-hydrogen) atoms. The zero-order valence-electron chi connectivity index (χ0n) is 10.8. The molecule has 0 radical (unpaired) electrons. The number of primary sulfonamides is 1. The Hall–Kier alpha value is -1.12. The molecule has 1 aliphatic carbocycles. The van der Waals surface area contributed by atoms with E-state index < -0.39 is 16.0 Å². The van der Waals surface area contributed by atoms with Gasteiger partial charge in [0.15, 0.2) is 5.75 Å². The highest BCUT2D eigenvalue weighted by molar-refractivity contribution is 9.10. The van der Waals surface area contributed by atoms with Crippen LogP contribution in [0.15, 0.2) is 21.5 Å². The summed E-state index contributed by atoms with van der Waals surface area (Å²) in [6.45, 7) is 0.354. The Labute approximate surface area is 125 Å². The van der Waals surface area contributed by atoms with Crippen molar-refractivity contribution in [3.8, 4) is 5.75 Å². The molecule has 0 atom stereocenters. The lowest BCUT2D eigenvalue weighted by Gasteiger charge is -2.11. The van der Waals surface area contributed by atoms with Crippen LogP contribution < -0.4 is 9.88 Å². The molecule has 0 bridgehead atoms. The summed E-state index contributed by atoms with van der Waals surface area (Å²) in [6.07, 6.45) is 2.12. The van der Waals surface area contributed by atoms with Crippen molar-refractivity contribution in [1.29, 1.82) is 0 Å². The first-order chi connectivity index (χ1) is 9.32. The van der Waals surface area contributed by atoms with E-state index in [4.69, 9.17) is 14.6 Å². The van der Waals surface area contributed by atoms with Crippen LogP contribution >= 0.6 is 15.9 Å². The van der Waals surface area contributed by atoms with Crippen LogP contribution in [0.1, 0.15) is 23.2 Å².